The van der Waals surface area contributed by atoms with Gasteiger partial charge in [0, 0.05) is 5.56 Å². The molecule has 0 aromatic heterocycles. The van der Waals surface area contributed by atoms with Crippen molar-refractivity contribution in [1.29, 1.82) is 0 Å². The number of hydrogen-bond donors (Lipinski definition) is 1. The molecule has 2 unspecified atom stereocenters. The molecule has 1 aliphatic rings. The molecule has 1 aromatic rings. The van der Waals surface area contributed by atoms with Crippen LogP contribution in [0.5, 0.6) is 0 Å². The van der Waals surface area contributed by atoms with Gasteiger partial charge in [-0.2, -0.15) is 13.2 Å². The molecular formula is C13H13F5O. The number of alkyl halides is 3. The van der Waals surface area contributed by atoms with Crippen molar-refractivity contribution >= 4 is 0 Å². The summed E-state index contributed by atoms with van der Waals surface area (Å²) in [6.45, 7) is 0. The van der Waals surface area contributed by atoms with E-state index in [1.165, 1.54) is 0 Å². The van der Waals surface area contributed by atoms with Gasteiger partial charge >= 0.3 is 6.18 Å². The van der Waals surface area contributed by atoms with E-state index in [1.807, 2.05) is 0 Å². The first kappa shape index (κ1) is 14.2. The van der Waals surface area contributed by atoms with Gasteiger partial charge in [-0.1, -0.05) is 0 Å². The lowest BCUT2D eigenvalue weighted by Gasteiger charge is -2.38. The number of benzene rings is 1. The average molecular weight is 280 g/mol. The van der Waals surface area contributed by atoms with E-state index >= 15 is 0 Å². The Morgan fingerprint density at radius 2 is 1.89 bits per heavy atom. The molecule has 2 atom stereocenters. The van der Waals surface area contributed by atoms with Gasteiger partial charge in [0.1, 0.15) is 11.6 Å². The molecule has 0 aliphatic heterocycles. The van der Waals surface area contributed by atoms with Gasteiger partial charge in [-0.05, 0) is 43.9 Å². The molecule has 1 nitrogen and oxygen atoms in total. The van der Waals surface area contributed by atoms with Crippen molar-refractivity contribution in [3.8, 4) is 0 Å². The zero-order valence-corrected chi connectivity index (χ0v) is 9.97. The third-order valence-electron chi connectivity index (χ3n) is 3.62. The van der Waals surface area contributed by atoms with Crippen molar-refractivity contribution in [2.24, 2.45) is 5.92 Å². The van der Waals surface area contributed by atoms with Crippen LogP contribution in [-0.4, -0.2) is 11.3 Å². The van der Waals surface area contributed by atoms with E-state index in [4.69, 9.17) is 0 Å². The Morgan fingerprint density at radius 1 is 1.21 bits per heavy atom. The fraction of sp³-hybridized carbons (Fsp3) is 0.538. The van der Waals surface area contributed by atoms with Gasteiger partial charge < -0.3 is 5.11 Å². The quantitative estimate of drug-likeness (QED) is 0.773. The maximum Gasteiger partial charge on any atom is 0.391 e. The molecule has 1 saturated carbocycles. The van der Waals surface area contributed by atoms with Crippen LogP contribution in [-0.2, 0) is 5.60 Å². The van der Waals surface area contributed by atoms with E-state index in [0.717, 1.165) is 18.2 Å². The summed E-state index contributed by atoms with van der Waals surface area (Å²) in [7, 11) is 0. The first-order valence-corrected chi connectivity index (χ1v) is 5.97. The van der Waals surface area contributed by atoms with Crippen LogP contribution in [0.4, 0.5) is 22.0 Å². The Balaban J connectivity index is 2.34. The minimum Gasteiger partial charge on any atom is -0.385 e. The lowest BCUT2D eigenvalue weighted by atomic mass is 9.74. The molecule has 19 heavy (non-hydrogen) atoms. The van der Waals surface area contributed by atoms with Crippen LogP contribution < -0.4 is 0 Å². The van der Waals surface area contributed by atoms with Gasteiger partial charge in [0.2, 0.25) is 0 Å². The highest BCUT2D eigenvalue weighted by atomic mass is 19.4. The number of rotatable bonds is 1. The minimum absolute atomic E-state index is 0.0000463. The Labute approximate surface area is 107 Å². The van der Waals surface area contributed by atoms with Gasteiger partial charge in [0.15, 0.2) is 0 Å². The summed E-state index contributed by atoms with van der Waals surface area (Å²) in [5.74, 6) is -3.35. The molecule has 0 spiro atoms. The molecule has 1 aliphatic carbocycles. The Hall–Kier alpha value is -1.17. The molecule has 1 aromatic carbocycles. The van der Waals surface area contributed by atoms with Crippen LogP contribution in [0.25, 0.3) is 0 Å². The maximum atomic E-state index is 13.6. The van der Waals surface area contributed by atoms with Crippen LogP contribution in [0, 0.1) is 17.6 Å². The molecule has 6 heteroatoms. The highest BCUT2D eigenvalue weighted by Crippen LogP contribution is 2.46. The smallest absolute Gasteiger partial charge is 0.385 e. The van der Waals surface area contributed by atoms with Crippen molar-refractivity contribution < 1.29 is 27.1 Å². The lowest BCUT2D eigenvalue weighted by Crippen LogP contribution is -2.39. The number of aliphatic hydroxyl groups is 1. The second kappa shape index (κ2) is 4.74. The van der Waals surface area contributed by atoms with Crippen LogP contribution >= 0.6 is 0 Å². The topological polar surface area (TPSA) is 20.2 Å². The zero-order valence-electron chi connectivity index (χ0n) is 9.97. The fourth-order valence-corrected chi connectivity index (χ4v) is 2.63. The molecular weight excluding hydrogens is 267 g/mol. The first-order chi connectivity index (χ1) is 8.72. The molecule has 0 heterocycles. The summed E-state index contributed by atoms with van der Waals surface area (Å²) in [6, 6.07) is 2.46. The predicted molar refractivity (Wildman–Crippen MR) is 58.3 cm³/mol. The van der Waals surface area contributed by atoms with Crippen molar-refractivity contribution in [3.63, 3.8) is 0 Å². The van der Waals surface area contributed by atoms with Crippen molar-refractivity contribution in [2.75, 3.05) is 0 Å². The van der Waals surface area contributed by atoms with Gasteiger partial charge in [-0.3, -0.25) is 0 Å². The summed E-state index contributed by atoms with van der Waals surface area (Å²) in [4.78, 5) is 0. The normalized spacial score (nSPS) is 28.4. The molecule has 0 radical (unpaired) electrons. The third-order valence-corrected chi connectivity index (χ3v) is 3.62. The zero-order chi connectivity index (χ0) is 14.3. The first-order valence-electron chi connectivity index (χ1n) is 5.97. The summed E-state index contributed by atoms with van der Waals surface area (Å²) in [5, 5.41) is 10.3. The van der Waals surface area contributed by atoms with Crippen molar-refractivity contribution in [1.82, 2.24) is 0 Å². The molecule has 0 saturated heterocycles. The third kappa shape index (κ3) is 2.88. The predicted octanol–water partition coefficient (Wildman–Crippen LogP) is 3.90. The van der Waals surface area contributed by atoms with E-state index in [9.17, 15) is 27.1 Å². The van der Waals surface area contributed by atoms with Gasteiger partial charge in [0.25, 0.3) is 0 Å². The maximum absolute atomic E-state index is 13.6. The fourth-order valence-electron chi connectivity index (χ4n) is 2.63. The summed E-state index contributed by atoms with van der Waals surface area (Å²) < 4.78 is 64.8. The van der Waals surface area contributed by atoms with Gasteiger partial charge in [-0.25, -0.2) is 8.78 Å². The molecule has 106 valence electrons. The highest BCUT2D eigenvalue weighted by molar-refractivity contribution is 5.26. The summed E-state index contributed by atoms with van der Waals surface area (Å²) in [6.07, 6.45) is -5.03. The summed E-state index contributed by atoms with van der Waals surface area (Å²) in [5.41, 5.74) is -2.34. The van der Waals surface area contributed by atoms with Crippen LogP contribution in [0.15, 0.2) is 18.2 Å². The molecule has 0 amide bonds. The molecule has 1 N–H and O–H groups in total. The monoisotopic (exact) mass is 280 g/mol. The number of hydrogen-bond acceptors (Lipinski definition) is 1. The van der Waals surface area contributed by atoms with Crippen molar-refractivity contribution in [2.45, 2.75) is 37.5 Å². The Bertz CT molecular complexity index is 471. The van der Waals surface area contributed by atoms with E-state index in [0.29, 0.717) is 0 Å². The second-order valence-electron chi connectivity index (χ2n) is 4.99. The lowest BCUT2D eigenvalue weighted by molar-refractivity contribution is -0.202. The molecule has 1 fully saturated rings. The number of halogens is 5. The minimum atomic E-state index is -4.43. The Morgan fingerprint density at radius 3 is 2.53 bits per heavy atom. The average Bonchev–Trinajstić information content (AvgIpc) is 2.31. The van der Waals surface area contributed by atoms with Gasteiger partial charge in [0.05, 0.1) is 11.5 Å². The van der Waals surface area contributed by atoms with E-state index in [1.54, 1.807) is 0 Å². The Kier molecular flexibility index (Phi) is 3.55. The van der Waals surface area contributed by atoms with E-state index in [-0.39, 0.29) is 24.8 Å². The standard InChI is InChI=1S/C13H13F5O/c14-9-3-4-11(15)10(6-9)12(19)5-1-2-8(7-12)13(16,17)18/h3-4,6,8,19H,1-2,5,7H2. The van der Waals surface area contributed by atoms with Crippen LogP contribution in [0.1, 0.15) is 31.2 Å². The SMILES string of the molecule is OC1(c2cc(F)ccc2F)CCCC(C(F)(F)F)C1. The molecule has 0 bridgehead atoms. The van der Waals surface area contributed by atoms with Gasteiger partial charge in [-0.15, -0.1) is 0 Å². The second-order valence-corrected chi connectivity index (χ2v) is 4.99. The van der Waals surface area contributed by atoms with Crippen LogP contribution in [0.3, 0.4) is 0 Å². The summed E-state index contributed by atoms with van der Waals surface area (Å²) >= 11 is 0. The van der Waals surface area contributed by atoms with E-state index in [2.05, 4.69) is 0 Å². The van der Waals surface area contributed by atoms with Crippen molar-refractivity contribution in [3.05, 3.63) is 35.4 Å². The van der Waals surface area contributed by atoms with Crippen LogP contribution in [0.2, 0.25) is 0 Å². The highest BCUT2D eigenvalue weighted by Gasteiger charge is 2.48. The molecule has 2 rings (SSSR count). The largest absolute Gasteiger partial charge is 0.391 e. The van der Waals surface area contributed by atoms with E-state index < -0.39 is 35.8 Å².